The van der Waals surface area contributed by atoms with Crippen LogP contribution in [0, 0.1) is 0 Å². The second kappa shape index (κ2) is 3.65. The van der Waals surface area contributed by atoms with Crippen molar-refractivity contribution in [3.05, 3.63) is 45.8 Å². The molecular weight excluding hydrogens is 222 g/mol. The molecule has 3 heterocycles. The monoisotopic (exact) mass is 233 g/mol. The summed E-state index contributed by atoms with van der Waals surface area (Å²) in [4.78, 5) is 25.0. The van der Waals surface area contributed by atoms with Gasteiger partial charge in [0.25, 0.3) is 11.5 Å². The van der Waals surface area contributed by atoms with Crippen molar-refractivity contribution >= 4 is 5.91 Å². The minimum Gasteiger partial charge on any atom is -0.459 e. The number of hydrogen-bond donors (Lipinski definition) is 2. The number of nitrogens with one attached hydrogen (secondary N) is 2. The summed E-state index contributed by atoms with van der Waals surface area (Å²) in [6.07, 6.45) is 2.04. The molecule has 0 saturated heterocycles. The van der Waals surface area contributed by atoms with Crippen molar-refractivity contribution in [1.29, 1.82) is 0 Å². The number of rotatable bonds is 1. The van der Waals surface area contributed by atoms with Gasteiger partial charge in [0, 0.05) is 12.1 Å². The van der Waals surface area contributed by atoms with Gasteiger partial charge in [-0.25, -0.2) is 0 Å². The zero-order valence-corrected chi connectivity index (χ0v) is 9.03. The number of fused-ring (bicyclic) bond motifs is 1. The maximum atomic E-state index is 12.0. The molecular formula is C11H11N3O3. The van der Waals surface area contributed by atoms with Gasteiger partial charge in [-0.3, -0.25) is 14.7 Å². The number of aromatic nitrogens is 2. The molecule has 0 bridgehead atoms. The van der Waals surface area contributed by atoms with Crippen molar-refractivity contribution in [2.75, 3.05) is 6.54 Å². The van der Waals surface area contributed by atoms with Gasteiger partial charge in [0.15, 0.2) is 5.76 Å². The highest BCUT2D eigenvalue weighted by molar-refractivity contribution is 5.91. The molecule has 2 aromatic rings. The smallest absolute Gasteiger partial charge is 0.289 e. The molecule has 0 atom stereocenters. The highest BCUT2D eigenvalue weighted by Gasteiger charge is 2.25. The summed E-state index contributed by atoms with van der Waals surface area (Å²) in [7, 11) is 0. The lowest BCUT2D eigenvalue weighted by Gasteiger charge is -2.25. The molecule has 88 valence electrons. The first-order valence-corrected chi connectivity index (χ1v) is 5.37. The molecule has 1 aliphatic heterocycles. The lowest BCUT2D eigenvalue weighted by atomic mass is 10.1. The van der Waals surface area contributed by atoms with Crippen LogP contribution in [0.1, 0.15) is 21.8 Å². The molecule has 2 N–H and O–H groups in total. The number of carbonyl (C=O) groups is 1. The Hall–Kier alpha value is -2.24. The van der Waals surface area contributed by atoms with Crippen molar-refractivity contribution in [2.24, 2.45) is 0 Å². The van der Waals surface area contributed by atoms with Gasteiger partial charge in [0.2, 0.25) is 0 Å². The summed E-state index contributed by atoms with van der Waals surface area (Å²) in [5.74, 6) is 0.175. The third-order valence-corrected chi connectivity index (χ3v) is 2.97. The Balaban J connectivity index is 1.85. The zero-order chi connectivity index (χ0) is 11.8. The van der Waals surface area contributed by atoms with Crippen molar-refractivity contribution in [1.82, 2.24) is 15.1 Å². The second-order valence-electron chi connectivity index (χ2n) is 3.99. The summed E-state index contributed by atoms with van der Waals surface area (Å²) in [6.45, 7) is 0.946. The Kier molecular flexibility index (Phi) is 2.14. The fourth-order valence-electron chi connectivity index (χ4n) is 2.07. The minimum absolute atomic E-state index is 0.0925. The molecule has 2 aromatic heterocycles. The van der Waals surface area contributed by atoms with Crippen molar-refractivity contribution in [2.45, 2.75) is 13.0 Å². The Morgan fingerprint density at radius 2 is 2.29 bits per heavy atom. The van der Waals surface area contributed by atoms with Crippen LogP contribution in [0.25, 0.3) is 0 Å². The van der Waals surface area contributed by atoms with Crippen LogP contribution in [0.2, 0.25) is 0 Å². The van der Waals surface area contributed by atoms with E-state index in [9.17, 15) is 9.59 Å². The third-order valence-electron chi connectivity index (χ3n) is 2.97. The van der Waals surface area contributed by atoms with Crippen LogP contribution >= 0.6 is 0 Å². The lowest BCUT2D eigenvalue weighted by Crippen LogP contribution is -2.36. The van der Waals surface area contributed by atoms with E-state index in [1.165, 1.54) is 6.26 Å². The predicted octanol–water partition coefficient (Wildman–Crippen LogP) is 0.495. The van der Waals surface area contributed by atoms with Crippen LogP contribution in [0.15, 0.2) is 27.6 Å². The van der Waals surface area contributed by atoms with E-state index in [1.807, 2.05) is 0 Å². The highest BCUT2D eigenvalue weighted by atomic mass is 16.3. The average Bonchev–Trinajstić information content (AvgIpc) is 2.98. The van der Waals surface area contributed by atoms with Gasteiger partial charge in [-0.2, -0.15) is 0 Å². The fraction of sp³-hybridized carbons (Fsp3) is 0.273. The van der Waals surface area contributed by atoms with Crippen molar-refractivity contribution in [3.63, 3.8) is 0 Å². The lowest BCUT2D eigenvalue weighted by molar-refractivity contribution is 0.0700. The van der Waals surface area contributed by atoms with Gasteiger partial charge in [-0.15, -0.1) is 0 Å². The molecule has 0 radical (unpaired) electrons. The molecule has 6 nitrogen and oxygen atoms in total. The number of nitrogens with zero attached hydrogens (tertiary/aromatic N) is 1. The highest BCUT2D eigenvalue weighted by Crippen LogP contribution is 2.16. The van der Waals surface area contributed by atoms with Crippen molar-refractivity contribution < 1.29 is 9.21 Å². The van der Waals surface area contributed by atoms with E-state index in [0.717, 1.165) is 11.3 Å². The molecule has 0 unspecified atom stereocenters. The maximum absolute atomic E-state index is 12.0. The predicted molar refractivity (Wildman–Crippen MR) is 58.6 cm³/mol. The molecule has 1 aliphatic rings. The Morgan fingerprint density at radius 1 is 1.41 bits per heavy atom. The van der Waals surface area contributed by atoms with Crippen LogP contribution < -0.4 is 5.56 Å². The first-order chi connectivity index (χ1) is 8.25. The standard InChI is InChI=1S/C11H11N3O3/c15-10-7-3-4-14(6-8(7)12-13-10)11(16)9-2-1-5-17-9/h1-2,5H,3-4,6H2,(H2,12,13,15). The van der Waals surface area contributed by atoms with E-state index in [2.05, 4.69) is 10.2 Å². The summed E-state index contributed by atoms with van der Waals surface area (Å²) in [5, 5.41) is 5.33. The van der Waals surface area contributed by atoms with Gasteiger partial charge < -0.3 is 14.4 Å². The van der Waals surface area contributed by atoms with Gasteiger partial charge >= 0.3 is 0 Å². The quantitative estimate of drug-likeness (QED) is 0.752. The first kappa shape index (κ1) is 9.95. The van der Waals surface area contributed by atoms with Gasteiger partial charge in [0.1, 0.15) is 0 Å². The SMILES string of the molecule is O=C(c1ccco1)N1CCc2c([nH][nH]c2=O)C1. The summed E-state index contributed by atoms with van der Waals surface area (Å²) >= 11 is 0. The maximum Gasteiger partial charge on any atom is 0.289 e. The van der Waals surface area contributed by atoms with E-state index in [0.29, 0.717) is 25.3 Å². The van der Waals surface area contributed by atoms with Crippen LogP contribution in [-0.2, 0) is 13.0 Å². The van der Waals surface area contributed by atoms with Gasteiger partial charge in [-0.05, 0) is 18.6 Å². The van der Waals surface area contributed by atoms with E-state index in [1.54, 1.807) is 17.0 Å². The molecule has 0 fully saturated rings. The number of aromatic amines is 2. The van der Waals surface area contributed by atoms with Crippen LogP contribution in [0.5, 0.6) is 0 Å². The number of hydrogen-bond acceptors (Lipinski definition) is 3. The Bertz CT molecular complexity index is 594. The number of amides is 1. The third kappa shape index (κ3) is 1.57. The van der Waals surface area contributed by atoms with E-state index >= 15 is 0 Å². The van der Waals surface area contributed by atoms with Crippen LogP contribution in [0.3, 0.4) is 0 Å². The average molecular weight is 233 g/mol. The van der Waals surface area contributed by atoms with Gasteiger partial charge in [0.05, 0.1) is 18.5 Å². The fourth-order valence-corrected chi connectivity index (χ4v) is 2.07. The molecule has 0 aliphatic carbocycles. The Labute approximate surface area is 96.2 Å². The van der Waals surface area contributed by atoms with Crippen LogP contribution in [-0.4, -0.2) is 27.5 Å². The molecule has 1 amide bonds. The number of furan rings is 1. The van der Waals surface area contributed by atoms with Crippen LogP contribution in [0.4, 0.5) is 0 Å². The molecule has 0 spiro atoms. The van der Waals surface area contributed by atoms with Crippen molar-refractivity contribution in [3.8, 4) is 0 Å². The summed E-state index contributed by atoms with van der Waals surface area (Å²) < 4.78 is 5.07. The second-order valence-corrected chi connectivity index (χ2v) is 3.99. The zero-order valence-electron chi connectivity index (χ0n) is 9.03. The minimum atomic E-state index is -0.150. The summed E-state index contributed by atoms with van der Waals surface area (Å²) in [6, 6.07) is 3.32. The number of H-pyrrole nitrogens is 2. The molecule has 0 aromatic carbocycles. The van der Waals surface area contributed by atoms with E-state index < -0.39 is 0 Å². The summed E-state index contributed by atoms with van der Waals surface area (Å²) in [5.41, 5.74) is 1.43. The topological polar surface area (TPSA) is 82.1 Å². The van der Waals surface area contributed by atoms with E-state index in [4.69, 9.17) is 4.42 Å². The molecule has 3 rings (SSSR count). The number of carbonyl (C=O) groups excluding carboxylic acids is 1. The Morgan fingerprint density at radius 3 is 3.06 bits per heavy atom. The van der Waals surface area contributed by atoms with E-state index in [-0.39, 0.29) is 11.5 Å². The largest absolute Gasteiger partial charge is 0.459 e. The normalized spacial score (nSPS) is 14.7. The first-order valence-electron chi connectivity index (χ1n) is 5.37. The molecule has 6 heteroatoms. The molecule has 0 saturated carbocycles. The molecule has 17 heavy (non-hydrogen) atoms. The van der Waals surface area contributed by atoms with Gasteiger partial charge in [-0.1, -0.05) is 0 Å².